The Morgan fingerprint density at radius 1 is 1.19 bits per heavy atom. The second-order valence-corrected chi connectivity index (χ2v) is 6.41. The van der Waals surface area contributed by atoms with Crippen molar-refractivity contribution in [2.24, 2.45) is 0 Å². The van der Waals surface area contributed by atoms with Gasteiger partial charge in [-0.1, -0.05) is 12.1 Å². The van der Waals surface area contributed by atoms with Crippen LogP contribution in [0.3, 0.4) is 0 Å². The smallest absolute Gasteiger partial charge is 0.142 e. The van der Waals surface area contributed by atoms with E-state index in [1.54, 1.807) is 23.1 Å². The van der Waals surface area contributed by atoms with Crippen molar-refractivity contribution in [3.05, 3.63) is 47.1 Å². The maximum absolute atomic E-state index is 9.04. The first kappa shape index (κ1) is 14.3. The first-order valence-corrected chi connectivity index (χ1v) is 8.41. The number of nitrogens with one attached hydrogen (secondary N) is 1. The van der Waals surface area contributed by atoms with Crippen LogP contribution in [-0.2, 0) is 12.4 Å². The minimum absolute atomic E-state index is 0.0780. The van der Waals surface area contributed by atoms with E-state index < -0.39 is 0 Å². The quantitative estimate of drug-likeness (QED) is 0.705. The van der Waals surface area contributed by atoms with Crippen molar-refractivity contribution < 1.29 is 5.11 Å². The van der Waals surface area contributed by atoms with Gasteiger partial charge in [0.25, 0.3) is 0 Å². The molecule has 0 bridgehead atoms. The Balaban J connectivity index is 1.77. The van der Waals surface area contributed by atoms with Crippen molar-refractivity contribution in [1.29, 1.82) is 0 Å². The second kappa shape index (κ2) is 6.43. The fourth-order valence-corrected chi connectivity index (χ4v) is 3.53. The minimum Gasteiger partial charge on any atom is -0.392 e. The number of fused-ring (bicyclic) bond motifs is 1. The van der Waals surface area contributed by atoms with Crippen LogP contribution in [-0.4, -0.2) is 22.1 Å². The van der Waals surface area contributed by atoms with Crippen LogP contribution in [0.5, 0.6) is 0 Å². The predicted molar refractivity (Wildman–Crippen MR) is 88.9 cm³/mol. The first-order chi connectivity index (χ1) is 10.3. The molecule has 2 aromatic heterocycles. The highest BCUT2D eigenvalue weighted by Gasteiger charge is 2.08. The Hall–Kier alpha value is -1.63. The Labute approximate surface area is 131 Å². The molecule has 0 aliphatic rings. The Morgan fingerprint density at radius 3 is 2.71 bits per heavy atom. The number of benzene rings is 1. The molecule has 0 radical (unpaired) electrons. The van der Waals surface area contributed by atoms with Crippen LogP contribution in [0.15, 0.2) is 40.6 Å². The van der Waals surface area contributed by atoms with E-state index in [1.165, 1.54) is 0 Å². The number of aromatic nitrogens is 2. The van der Waals surface area contributed by atoms with Crippen molar-refractivity contribution >= 4 is 39.1 Å². The van der Waals surface area contributed by atoms with Gasteiger partial charge in [-0.05, 0) is 29.1 Å². The molecule has 4 nitrogen and oxygen atoms in total. The molecular weight excluding hydrogens is 302 g/mol. The van der Waals surface area contributed by atoms with Gasteiger partial charge in [0.2, 0.25) is 0 Å². The molecule has 2 heterocycles. The van der Waals surface area contributed by atoms with E-state index in [-0.39, 0.29) is 6.61 Å². The van der Waals surface area contributed by atoms with Crippen LogP contribution in [0.2, 0.25) is 0 Å². The van der Waals surface area contributed by atoms with Crippen molar-refractivity contribution in [3.8, 4) is 0 Å². The topological polar surface area (TPSA) is 58.0 Å². The van der Waals surface area contributed by atoms with Gasteiger partial charge in [-0.2, -0.15) is 0 Å². The zero-order valence-corrected chi connectivity index (χ0v) is 13.2. The van der Waals surface area contributed by atoms with Gasteiger partial charge in [0.1, 0.15) is 16.5 Å². The Kier molecular flexibility index (Phi) is 4.38. The van der Waals surface area contributed by atoms with E-state index in [2.05, 4.69) is 15.3 Å². The van der Waals surface area contributed by atoms with Gasteiger partial charge in [0.15, 0.2) is 0 Å². The lowest BCUT2D eigenvalue weighted by Gasteiger charge is -2.06. The number of anilines is 1. The number of aliphatic hydroxyl groups is 1. The van der Waals surface area contributed by atoms with E-state index in [0.29, 0.717) is 0 Å². The van der Waals surface area contributed by atoms with Gasteiger partial charge in [0, 0.05) is 11.9 Å². The summed E-state index contributed by atoms with van der Waals surface area (Å²) in [5.41, 5.74) is 0.924. The largest absolute Gasteiger partial charge is 0.392 e. The number of aliphatic hydroxyl groups excluding tert-OH is 1. The summed E-state index contributed by atoms with van der Waals surface area (Å²) < 4.78 is 0. The fraction of sp³-hybridized carbons (Fsp3) is 0.200. The third-order valence-corrected chi connectivity index (χ3v) is 4.90. The first-order valence-electron chi connectivity index (χ1n) is 6.54. The predicted octanol–water partition coefficient (Wildman–Crippen LogP) is 3.52. The van der Waals surface area contributed by atoms with Crippen LogP contribution in [0.4, 0.5) is 5.82 Å². The molecule has 1 aromatic carbocycles. The van der Waals surface area contributed by atoms with E-state index in [0.717, 1.165) is 38.1 Å². The number of rotatable bonds is 5. The molecule has 3 rings (SSSR count). The standard InChI is InChI=1S/C15H15N3OS2/c1-16-14-12-6-7-20-15(12)18-13(17-14)9-21-11-4-2-10(8-19)3-5-11/h2-7,19H,8-9H2,1H3,(H,16,17,18). The maximum atomic E-state index is 9.04. The van der Waals surface area contributed by atoms with E-state index >= 15 is 0 Å². The van der Waals surface area contributed by atoms with Gasteiger partial charge < -0.3 is 10.4 Å². The molecule has 0 saturated carbocycles. The lowest BCUT2D eigenvalue weighted by Crippen LogP contribution is -1.99. The maximum Gasteiger partial charge on any atom is 0.142 e. The second-order valence-electron chi connectivity index (χ2n) is 4.47. The molecule has 0 fully saturated rings. The number of hydrogen-bond acceptors (Lipinski definition) is 6. The Morgan fingerprint density at radius 2 is 2.00 bits per heavy atom. The highest BCUT2D eigenvalue weighted by molar-refractivity contribution is 7.98. The molecule has 3 aromatic rings. The van der Waals surface area contributed by atoms with Crippen LogP contribution >= 0.6 is 23.1 Å². The summed E-state index contributed by atoms with van der Waals surface area (Å²) in [4.78, 5) is 11.3. The zero-order chi connectivity index (χ0) is 14.7. The third kappa shape index (κ3) is 3.18. The van der Waals surface area contributed by atoms with Gasteiger partial charge >= 0.3 is 0 Å². The Bertz CT molecular complexity index is 740. The van der Waals surface area contributed by atoms with Crippen LogP contribution in [0.1, 0.15) is 11.4 Å². The highest BCUT2D eigenvalue weighted by atomic mass is 32.2. The molecule has 0 aliphatic carbocycles. The van der Waals surface area contributed by atoms with E-state index in [9.17, 15) is 0 Å². The molecule has 2 N–H and O–H groups in total. The van der Waals surface area contributed by atoms with Gasteiger partial charge in [-0.15, -0.1) is 23.1 Å². The molecular formula is C15H15N3OS2. The SMILES string of the molecule is CNc1nc(CSc2ccc(CO)cc2)nc2sccc12. The summed E-state index contributed by atoms with van der Waals surface area (Å²) in [6.45, 7) is 0.0780. The monoisotopic (exact) mass is 317 g/mol. The van der Waals surface area contributed by atoms with Gasteiger partial charge in [-0.3, -0.25) is 0 Å². The van der Waals surface area contributed by atoms with E-state index in [4.69, 9.17) is 5.11 Å². The fourth-order valence-electron chi connectivity index (χ4n) is 1.99. The summed E-state index contributed by atoms with van der Waals surface area (Å²) >= 11 is 3.32. The molecule has 0 amide bonds. The van der Waals surface area contributed by atoms with Crippen molar-refractivity contribution in [3.63, 3.8) is 0 Å². The molecule has 0 atom stereocenters. The summed E-state index contributed by atoms with van der Waals surface area (Å²) in [5, 5.41) is 15.3. The summed E-state index contributed by atoms with van der Waals surface area (Å²) in [6.07, 6.45) is 0. The normalized spacial score (nSPS) is 11.0. The summed E-state index contributed by atoms with van der Waals surface area (Å²) in [6, 6.07) is 9.93. The lowest BCUT2D eigenvalue weighted by molar-refractivity contribution is 0.282. The number of nitrogens with zero attached hydrogens (tertiary/aromatic N) is 2. The molecule has 0 spiro atoms. The third-order valence-electron chi connectivity index (χ3n) is 3.08. The van der Waals surface area contributed by atoms with Crippen molar-refractivity contribution in [2.75, 3.05) is 12.4 Å². The van der Waals surface area contributed by atoms with Crippen LogP contribution < -0.4 is 5.32 Å². The molecule has 6 heteroatoms. The molecule has 0 unspecified atom stereocenters. The van der Waals surface area contributed by atoms with E-state index in [1.807, 2.05) is 42.8 Å². The molecule has 108 valence electrons. The van der Waals surface area contributed by atoms with Crippen LogP contribution in [0.25, 0.3) is 10.2 Å². The van der Waals surface area contributed by atoms with Crippen LogP contribution in [0, 0.1) is 0 Å². The number of thiophene rings is 1. The highest BCUT2D eigenvalue weighted by Crippen LogP contribution is 2.27. The average molecular weight is 317 g/mol. The van der Waals surface area contributed by atoms with Gasteiger partial charge in [-0.25, -0.2) is 9.97 Å². The van der Waals surface area contributed by atoms with Crippen molar-refractivity contribution in [2.45, 2.75) is 17.3 Å². The molecule has 0 saturated heterocycles. The van der Waals surface area contributed by atoms with Crippen molar-refractivity contribution in [1.82, 2.24) is 9.97 Å². The minimum atomic E-state index is 0.0780. The number of thioether (sulfide) groups is 1. The summed E-state index contributed by atoms with van der Waals surface area (Å²) in [7, 11) is 1.88. The average Bonchev–Trinajstić information content (AvgIpc) is 3.01. The zero-order valence-electron chi connectivity index (χ0n) is 11.5. The number of hydrogen-bond donors (Lipinski definition) is 2. The van der Waals surface area contributed by atoms with Gasteiger partial charge in [0.05, 0.1) is 17.7 Å². The lowest BCUT2D eigenvalue weighted by atomic mass is 10.2. The molecule has 21 heavy (non-hydrogen) atoms. The summed E-state index contributed by atoms with van der Waals surface area (Å²) in [5.74, 6) is 2.43. The molecule has 0 aliphatic heterocycles.